The van der Waals surface area contributed by atoms with E-state index in [2.05, 4.69) is 24.4 Å². The highest BCUT2D eigenvalue weighted by Gasteiger charge is 2.30. The number of para-hydroxylation sites is 1. The molecule has 2 heteroatoms. The van der Waals surface area contributed by atoms with Crippen molar-refractivity contribution in [3.63, 3.8) is 0 Å². The minimum absolute atomic E-state index is 0.626. The summed E-state index contributed by atoms with van der Waals surface area (Å²) in [5.41, 5.74) is 1.32. The fraction of sp³-hybridized carbons (Fsp3) is 0.571. The molecule has 1 N–H and O–H groups in total. The summed E-state index contributed by atoms with van der Waals surface area (Å²) in [5.74, 6) is 1.90. The molecule has 2 nitrogen and oxygen atoms in total. The Labute approximate surface area is 98.0 Å². The van der Waals surface area contributed by atoms with Crippen LogP contribution in [0.15, 0.2) is 24.3 Å². The van der Waals surface area contributed by atoms with Crippen molar-refractivity contribution in [1.82, 2.24) is 5.32 Å². The number of ether oxygens (including phenoxy) is 1. The first-order valence-electron chi connectivity index (χ1n) is 6.20. The molecule has 1 aliphatic carbocycles. The third kappa shape index (κ3) is 2.76. The molecule has 1 saturated carbocycles. The van der Waals surface area contributed by atoms with Crippen LogP contribution in [-0.2, 0) is 6.42 Å². The van der Waals surface area contributed by atoms with Gasteiger partial charge in [-0.05, 0) is 43.4 Å². The molecule has 0 spiro atoms. The molecule has 0 aliphatic heterocycles. The van der Waals surface area contributed by atoms with E-state index in [0.29, 0.717) is 6.04 Å². The van der Waals surface area contributed by atoms with Gasteiger partial charge in [0.2, 0.25) is 0 Å². The number of hydrogen-bond acceptors (Lipinski definition) is 2. The Morgan fingerprint density at radius 1 is 1.38 bits per heavy atom. The lowest BCUT2D eigenvalue weighted by Crippen LogP contribution is -2.33. The topological polar surface area (TPSA) is 21.3 Å². The standard InChI is InChI=1S/C14H21NO/c1-3-15-13(11-8-9-11)10-12-6-4-5-7-14(12)16-2/h4-7,11,13,15H,3,8-10H2,1-2H3. The summed E-state index contributed by atoms with van der Waals surface area (Å²) in [6.45, 7) is 3.23. The zero-order valence-corrected chi connectivity index (χ0v) is 10.2. The molecule has 0 aromatic heterocycles. The number of hydrogen-bond donors (Lipinski definition) is 1. The van der Waals surface area contributed by atoms with Crippen LogP contribution in [0.5, 0.6) is 5.75 Å². The van der Waals surface area contributed by atoms with Crippen LogP contribution in [0.4, 0.5) is 0 Å². The molecule has 16 heavy (non-hydrogen) atoms. The van der Waals surface area contributed by atoms with Crippen molar-refractivity contribution in [2.75, 3.05) is 13.7 Å². The van der Waals surface area contributed by atoms with Gasteiger partial charge in [-0.2, -0.15) is 0 Å². The van der Waals surface area contributed by atoms with E-state index in [4.69, 9.17) is 4.74 Å². The molecule has 1 aromatic rings. The molecule has 0 bridgehead atoms. The van der Waals surface area contributed by atoms with Crippen LogP contribution in [-0.4, -0.2) is 19.7 Å². The van der Waals surface area contributed by atoms with Gasteiger partial charge in [-0.3, -0.25) is 0 Å². The normalized spacial score (nSPS) is 17.1. The van der Waals surface area contributed by atoms with Crippen molar-refractivity contribution in [1.29, 1.82) is 0 Å². The minimum atomic E-state index is 0.626. The quantitative estimate of drug-likeness (QED) is 0.794. The van der Waals surface area contributed by atoms with Gasteiger partial charge in [0.25, 0.3) is 0 Å². The zero-order valence-electron chi connectivity index (χ0n) is 10.2. The Bertz CT molecular complexity index is 333. The van der Waals surface area contributed by atoms with Crippen LogP contribution in [0, 0.1) is 5.92 Å². The van der Waals surface area contributed by atoms with Crippen molar-refractivity contribution < 1.29 is 4.74 Å². The third-order valence-corrected chi connectivity index (χ3v) is 3.29. The average molecular weight is 219 g/mol. The molecule has 0 radical (unpaired) electrons. The Kier molecular flexibility index (Phi) is 3.83. The largest absolute Gasteiger partial charge is 0.496 e. The van der Waals surface area contributed by atoms with E-state index >= 15 is 0 Å². The van der Waals surface area contributed by atoms with Gasteiger partial charge in [-0.15, -0.1) is 0 Å². The predicted molar refractivity (Wildman–Crippen MR) is 66.9 cm³/mol. The molecule has 0 saturated heterocycles. The highest BCUT2D eigenvalue weighted by Crippen LogP contribution is 2.35. The summed E-state index contributed by atoms with van der Waals surface area (Å²) in [5, 5.41) is 3.59. The van der Waals surface area contributed by atoms with Crippen molar-refractivity contribution >= 4 is 0 Å². The van der Waals surface area contributed by atoms with Crippen LogP contribution in [0.3, 0.4) is 0 Å². The molecule has 1 aliphatic rings. The van der Waals surface area contributed by atoms with Gasteiger partial charge < -0.3 is 10.1 Å². The molecule has 1 aromatic carbocycles. The van der Waals surface area contributed by atoms with Gasteiger partial charge >= 0.3 is 0 Å². The number of benzene rings is 1. The maximum absolute atomic E-state index is 5.40. The summed E-state index contributed by atoms with van der Waals surface area (Å²) in [6, 6.07) is 8.97. The number of rotatable bonds is 6. The van der Waals surface area contributed by atoms with Gasteiger partial charge in [0, 0.05) is 6.04 Å². The summed E-state index contributed by atoms with van der Waals surface area (Å²) in [4.78, 5) is 0. The number of likely N-dealkylation sites (N-methyl/N-ethyl adjacent to an activating group) is 1. The number of methoxy groups -OCH3 is 1. The van der Waals surface area contributed by atoms with E-state index in [9.17, 15) is 0 Å². The predicted octanol–water partition coefficient (Wildman–Crippen LogP) is 2.63. The molecule has 88 valence electrons. The zero-order chi connectivity index (χ0) is 11.4. The van der Waals surface area contributed by atoms with Crippen LogP contribution in [0.1, 0.15) is 25.3 Å². The minimum Gasteiger partial charge on any atom is -0.496 e. The van der Waals surface area contributed by atoms with Crippen LogP contribution < -0.4 is 10.1 Å². The Morgan fingerprint density at radius 3 is 2.75 bits per heavy atom. The average Bonchev–Trinajstić information content (AvgIpc) is 3.13. The van der Waals surface area contributed by atoms with Crippen molar-refractivity contribution in [3.05, 3.63) is 29.8 Å². The van der Waals surface area contributed by atoms with E-state index in [1.165, 1.54) is 18.4 Å². The van der Waals surface area contributed by atoms with Gasteiger partial charge in [-0.1, -0.05) is 25.1 Å². The molecular weight excluding hydrogens is 198 g/mol. The van der Waals surface area contributed by atoms with Gasteiger partial charge in [0.15, 0.2) is 0 Å². The van der Waals surface area contributed by atoms with Gasteiger partial charge in [-0.25, -0.2) is 0 Å². The SMILES string of the molecule is CCNC(Cc1ccccc1OC)C1CC1. The van der Waals surface area contributed by atoms with Crippen molar-refractivity contribution in [2.24, 2.45) is 5.92 Å². The molecule has 1 fully saturated rings. The molecule has 0 heterocycles. The van der Waals surface area contributed by atoms with Crippen molar-refractivity contribution in [3.8, 4) is 5.75 Å². The van der Waals surface area contributed by atoms with E-state index < -0.39 is 0 Å². The Morgan fingerprint density at radius 2 is 2.12 bits per heavy atom. The fourth-order valence-corrected chi connectivity index (χ4v) is 2.27. The van der Waals surface area contributed by atoms with Gasteiger partial charge in [0.05, 0.1) is 7.11 Å². The Balaban J connectivity index is 2.05. The van der Waals surface area contributed by atoms with Crippen LogP contribution >= 0.6 is 0 Å². The Hall–Kier alpha value is -1.02. The summed E-state index contributed by atoms with van der Waals surface area (Å²) >= 11 is 0. The van der Waals surface area contributed by atoms with Crippen LogP contribution in [0.2, 0.25) is 0 Å². The fourth-order valence-electron chi connectivity index (χ4n) is 2.27. The highest BCUT2D eigenvalue weighted by molar-refractivity contribution is 5.34. The summed E-state index contributed by atoms with van der Waals surface area (Å²) < 4.78 is 5.40. The molecule has 2 rings (SSSR count). The first-order chi connectivity index (χ1) is 7.85. The highest BCUT2D eigenvalue weighted by atomic mass is 16.5. The first kappa shape index (κ1) is 11.5. The molecule has 0 amide bonds. The van der Waals surface area contributed by atoms with E-state index in [0.717, 1.165) is 24.6 Å². The van der Waals surface area contributed by atoms with Gasteiger partial charge in [0.1, 0.15) is 5.75 Å². The maximum Gasteiger partial charge on any atom is 0.122 e. The third-order valence-electron chi connectivity index (χ3n) is 3.29. The second-order valence-corrected chi connectivity index (χ2v) is 4.52. The lowest BCUT2D eigenvalue weighted by Gasteiger charge is -2.18. The second-order valence-electron chi connectivity index (χ2n) is 4.52. The lowest BCUT2D eigenvalue weighted by molar-refractivity contribution is 0.401. The number of nitrogens with one attached hydrogen (secondary N) is 1. The molecular formula is C14H21NO. The maximum atomic E-state index is 5.40. The monoisotopic (exact) mass is 219 g/mol. The first-order valence-corrected chi connectivity index (χ1v) is 6.20. The lowest BCUT2D eigenvalue weighted by atomic mass is 10.0. The van der Waals surface area contributed by atoms with Crippen LogP contribution in [0.25, 0.3) is 0 Å². The molecule has 1 unspecified atom stereocenters. The second kappa shape index (κ2) is 5.35. The van der Waals surface area contributed by atoms with E-state index in [1.807, 2.05) is 12.1 Å². The van der Waals surface area contributed by atoms with E-state index in [-0.39, 0.29) is 0 Å². The summed E-state index contributed by atoms with van der Waals surface area (Å²) in [6.07, 6.45) is 3.85. The molecule has 1 atom stereocenters. The summed E-state index contributed by atoms with van der Waals surface area (Å²) in [7, 11) is 1.75. The van der Waals surface area contributed by atoms with E-state index in [1.54, 1.807) is 7.11 Å². The smallest absolute Gasteiger partial charge is 0.122 e. The van der Waals surface area contributed by atoms with Crippen molar-refractivity contribution in [2.45, 2.75) is 32.2 Å².